The molecule has 0 bridgehead atoms. The lowest BCUT2D eigenvalue weighted by molar-refractivity contribution is -0.137. The van der Waals surface area contributed by atoms with Gasteiger partial charge in [-0.05, 0) is 6.42 Å². The number of halogens is 1. The van der Waals surface area contributed by atoms with Gasteiger partial charge in [-0.1, -0.05) is 0 Å². The Morgan fingerprint density at radius 1 is 1.75 bits per heavy atom. The third-order valence-corrected chi connectivity index (χ3v) is 0.766. The Bertz CT molecular complexity index is 73.7. The highest BCUT2D eigenvalue weighted by atomic mass is 35.5. The summed E-state index contributed by atoms with van der Waals surface area (Å²) >= 11 is 4.79. The summed E-state index contributed by atoms with van der Waals surface area (Å²) in [7, 11) is 0. The maximum Gasteiger partial charge on any atom is 0.303 e. The number of carboxylic acids is 1. The molecule has 0 unspecified atom stereocenters. The van der Waals surface area contributed by atoms with Crippen LogP contribution in [0.3, 0.4) is 0 Å². The van der Waals surface area contributed by atoms with Crippen molar-refractivity contribution in [1.29, 1.82) is 0 Å². The fourth-order valence-corrected chi connectivity index (χ4v) is 0.387. The quantitative estimate of drug-likeness (QED) is 0.590. The van der Waals surface area contributed by atoms with Crippen molar-refractivity contribution in [3.63, 3.8) is 0 Å². The van der Waals surface area contributed by atoms with Gasteiger partial charge in [0.25, 0.3) is 0 Å². The molecule has 48 valence electrons. The molecule has 0 aliphatic heterocycles. The first-order valence-electron chi connectivity index (χ1n) is 2.22. The first-order chi connectivity index (χ1) is 3.77. The van der Waals surface area contributed by atoms with Crippen LogP contribution in [0, 0.1) is 0 Å². The Balaban J connectivity index is 2.82. The number of hydrogen-bond donors (Lipinski definition) is 1. The van der Waals surface area contributed by atoms with E-state index in [4.69, 9.17) is 17.0 Å². The fraction of sp³-hybridized carbons (Fsp3) is 0.750. The molecule has 0 amide bonds. The number of carboxylic acid groups (broad SMARTS) is 1. The minimum atomic E-state index is -0.821. The number of rotatable bonds is 4. The number of aliphatic carboxylic acids is 1. The highest BCUT2D eigenvalue weighted by Gasteiger charge is 1.93. The Kier molecular flexibility index (Phi) is 4.70. The van der Waals surface area contributed by atoms with E-state index in [1.807, 2.05) is 0 Å². The molecule has 0 aliphatic carbocycles. The molecular weight excluding hydrogens is 131 g/mol. The summed E-state index contributed by atoms with van der Waals surface area (Å²) in [6.45, 7) is 0.299. The monoisotopic (exact) mass is 138 g/mol. The van der Waals surface area contributed by atoms with Crippen molar-refractivity contribution in [1.82, 2.24) is 0 Å². The summed E-state index contributed by atoms with van der Waals surface area (Å²) < 4.78 is 4.10. The van der Waals surface area contributed by atoms with Gasteiger partial charge in [-0.2, -0.15) is 0 Å². The van der Waals surface area contributed by atoms with Crippen LogP contribution in [0.5, 0.6) is 0 Å². The van der Waals surface area contributed by atoms with Crippen LogP contribution in [0.15, 0.2) is 0 Å². The van der Waals surface area contributed by atoms with Crippen molar-refractivity contribution in [2.45, 2.75) is 12.8 Å². The van der Waals surface area contributed by atoms with Gasteiger partial charge in [-0.25, -0.2) is 0 Å². The Labute approximate surface area is 52.4 Å². The SMILES string of the molecule is O=C(O)CCCOCl. The lowest BCUT2D eigenvalue weighted by atomic mass is 10.3. The predicted molar refractivity (Wildman–Crippen MR) is 28.7 cm³/mol. The van der Waals surface area contributed by atoms with Crippen LogP contribution in [0.25, 0.3) is 0 Å². The van der Waals surface area contributed by atoms with Crippen LogP contribution in [-0.4, -0.2) is 17.7 Å². The van der Waals surface area contributed by atoms with E-state index in [0.717, 1.165) is 0 Å². The zero-order valence-electron chi connectivity index (χ0n) is 4.26. The van der Waals surface area contributed by atoms with Gasteiger partial charge in [0.15, 0.2) is 0 Å². The zero-order chi connectivity index (χ0) is 6.41. The first kappa shape index (κ1) is 7.72. The molecule has 0 aromatic rings. The van der Waals surface area contributed by atoms with Crippen molar-refractivity contribution in [3.8, 4) is 0 Å². The zero-order valence-corrected chi connectivity index (χ0v) is 5.02. The second-order valence-corrected chi connectivity index (χ2v) is 1.53. The minimum Gasteiger partial charge on any atom is -0.481 e. The third-order valence-electron chi connectivity index (χ3n) is 0.612. The van der Waals surface area contributed by atoms with Crippen molar-refractivity contribution < 1.29 is 14.2 Å². The van der Waals surface area contributed by atoms with E-state index in [1.165, 1.54) is 0 Å². The molecule has 0 aromatic heterocycles. The maximum absolute atomic E-state index is 9.78. The molecule has 0 saturated carbocycles. The summed E-state index contributed by atoms with van der Waals surface area (Å²) in [6.07, 6.45) is 0.589. The van der Waals surface area contributed by atoms with Crippen LogP contribution in [0.2, 0.25) is 0 Å². The van der Waals surface area contributed by atoms with E-state index in [1.54, 1.807) is 0 Å². The molecule has 8 heavy (non-hydrogen) atoms. The Morgan fingerprint density at radius 3 is 2.75 bits per heavy atom. The predicted octanol–water partition coefficient (Wildman–Crippen LogP) is 1.02. The summed E-state index contributed by atoms with van der Waals surface area (Å²) in [4.78, 5) is 9.78. The second kappa shape index (κ2) is 4.87. The average molecular weight is 139 g/mol. The molecule has 0 atom stereocenters. The maximum atomic E-state index is 9.78. The van der Waals surface area contributed by atoms with E-state index >= 15 is 0 Å². The van der Waals surface area contributed by atoms with Gasteiger partial charge in [0.1, 0.15) is 0 Å². The first-order valence-corrected chi connectivity index (χ1v) is 2.53. The molecule has 0 fully saturated rings. The molecule has 0 heterocycles. The largest absolute Gasteiger partial charge is 0.481 e. The van der Waals surface area contributed by atoms with Gasteiger partial charge in [-0.3, -0.25) is 9.08 Å². The van der Waals surface area contributed by atoms with Crippen LogP contribution in [-0.2, 0) is 9.08 Å². The van der Waals surface area contributed by atoms with Gasteiger partial charge in [0.2, 0.25) is 0 Å². The lowest BCUT2D eigenvalue weighted by Crippen LogP contribution is -1.95. The van der Waals surface area contributed by atoms with Crippen molar-refractivity contribution >= 4 is 17.8 Å². The molecule has 0 aliphatic rings. The number of hydrogen-bond acceptors (Lipinski definition) is 2. The summed E-state index contributed by atoms with van der Waals surface area (Å²) in [5, 5.41) is 8.04. The summed E-state index contributed by atoms with van der Waals surface area (Å²) in [5.41, 5.74) is 0. The summed E-state index contributed by atoms with van der Waals surface area (Å²) in [5.74, 6) is -0.821. The van der Waals surface area contributed by atoms with Gasteiger partial charge in [-0.15, -0.1) is 0 Å². The highest BCUT2D eigenvalue weighted by Crippen LogP contribution is 1.90. The smallest absolute Gasteiger partial charge is 0.303 e. The Morgan fingerprint density at radius 2 is 2.38 bits per heavy atom. The van der Waals surface area contributed by atoms with Crippen LogP contribution >= 0.6 is 11.9 Å². The van der Waals surface area contributed by atoms with Crippen molar-refractivity contribution in [2.24, 2.45) is 0 Å². The topological polar surface area (TPSA) is 46.5 Å². The van der Waals surface area contributed by atoms with Gasteiger partial charge in [0, 0.05) is 6.42 Å². The lowest BCUT2D eigenvalue weighted by Gasteiger charge is -1.89. The van der Waals surface area contributed by atoms with Crippen molar-refractivity contribution in [3.05, 3.63) is 0 Å². The standard InChI is InChI=1S/C4H7ClO3/c5-8-3-1-2-4(6)7/h1-3H2,(H,6,7). The van der Waals surface area contributed by atoms with Crippen molar-refractivity contribution in [2.75, 3.05) is 6.61 Å². The molecule has 1 N–H and O–H groups in total. The Hall–Kier alpha value is -0.280. The minimum absolute atomic E-state index is 0.118. The molecule has 0 radical (unpaired) electrons. The van der Waals surface area contributed by atoms with Crippen LogP contribution < -0.4 is 0 Å². The normalized spacial score (nSPS) is 9.12. The molecular formula is C4H7ClO3. The fourth-order valence-electron chi connectivity index (χ4n) is 0.278. The highest BCUT2D eigenvalue weighted by molar-refractivity contribution is 6.07. The van der Waals surface area contributed by atoms with E-state index in [9.17, 15) is 4.79 Å². The third kappa shape index (κ3) is 5.72. The molecule has 3 nitrogen and oxygen atoms in total. The molecule has 0 saturated heterocycles. The van der Waals surface area contributed by atoms with E-state index < -0.39 is 5.97 Å². The van der Waals surface area contributed by atoms with Gasteiger partial charge < -0.3 is 5.11 Å². The van der Waals surface area contributed by atoms with Gasteiger partial charge in [0.05, 0.1) is 18.5 Å². The molecule has 0 rings (SSSR count). The summed E-state index contributed by atoms with van der Waals surface area (Å²) in [6, 6.07) is 0. The van der Waals surface area contributed by atoms with Crippen LogP contribution in [0.4, 0.5) is 0 Å². The van der Waals surface area contributed by atoms with E-state index in [2.05, 4.69) is 4.29 Å². The molecule has 0 aromatic carbocycles. The average Bonchev–Trinajstić information content (AvgIpc) is 1.66. The number of carbonyl (C=O) groups is 1. The van der Waals surface area contributed by atoms with Crippen LogP contribution in [0.1, 0.15) is 12.8 Å². The van der Waals surface area contributed by atoms with E-state index in [-0.39, 0.29) is 6.42 Å². The van der Waals surface area contributed by atoms with Gasteiger partial charge >= 0.3 is 5.97 Å². The second-order valence-electron chi connectivity index (χ2n) is 1.31. The molecule has 4 heteroatoms. The molecule has 0 spiro atoms. The van der Waals surface area contributed by atoms with E-state index in [0.29, 0.717) is 13.0 Å².